The van der Waals surface area contributed by atoms with Crippen molar-refractivity contribution in [2.24, 2.45) is 0 Å². The lowest BCUT2D eigenvalue weighted by molar-refractivity contribution is 0.0597. The van der Waals surface area contributed by atoms with Crippen LogP contribution in [-0.2, 0) is 4.74 Å². The average Bonchev–Trinajstić information content (AvgIpc) is 2.19. The van der Waals surface area contributed by atoms with Crippen LogP contribution < -0.4 is 4.90 Å². The van der Waals surface area contributed by atoms with Gasteiger partial charge in [0, 0.05) is 10.7 Å². The first-order valence-corrected chi connectivity index (χ1v) is 6.03. The number of rotatable bonds is 2. The first-order chi connectivity index (χ1) is 7.83. The second kappa shape index (κ2) is 5.36. The Morgan fingerprint density at radius 2 is 1.88 bits per heavy atom. The molecule has 1 rings (SSSR count). The van der Waals surface area contributed by atoms with E-state index in [0.717, 1.165) is 10.2 Å². The molecule has 0 aliphatic carbocycles. The molecule has 0 spiro atoms. The third-order valence-electron chi connectivity index (χ3n) is 1.88. The molecule has 4 heteroatoms. The average molecular weight is 298 g/mol. The molecule has 1 aromatic carbocycles. The summed E-state index contributed by atoms with van der Waals surface area (Å²) in [5, 5.41) is 0. The Hall–Kier alpha value is -1.29. The van der Waals surface area contributed by atoms with Crippen molar-refractivity contribution in [2.45, 2.75) is 26.4 Å². The molecule has 0 saturated carbocycles. The number of carbonyl (C=O) groups excluding carboxylic acids is 1. The second-order valence-electron chi connectivity index (χ2n) is 4.51. The van der Waals surface area contributed by atoms with Crippen molar-refractivity contribution in [1.82, 2.24) is 0 Å². The summed E-state index contributed by atoms with van der Waals surface area (Å²) in [5.74, 6) is 0. The second-order valence-corrected chi connectivity index (χ2v) is 5.43. The summed E-state index contributed by atoms with van der Waals surface area (Å²) >= 11 is 3.34. The molecule has 0 heterocycles. The zero-order chi connectivity index (χ0) is 13.1. The first kappa shape index (κ1) is 13.8. The maximum atomic E-state index is 11.9. The van der Waals surface area contributed by atoms with E-state index in [-0.39, 0.29) is 0 Å². The molecule has 0 atom stereocenters. The van der Waals surface area contributed by atoms with Gasteiger partial charge in [0.15, 0.2) is 0 Å². The maximum absolute atomic E-state index is 11.9. The Labute approximate surface area is 110 Å². The number of hydrogen-bond donors (Lipinski definition) is 0. The van der Waals surface area contributed by atoms with Crippen LogP contribution in [0.25, 0.3) is 0 Å². The highest BCUT2D eigenvalue weighted by Crippen LogP contribution is 2.21. The van der Waals surface area contributed by atoms with Crippen LogP contribution >= 0.6 is 15.9 Å². The Bertz CT molecular complexity index is 406. The molecule has 1 amide bonds. The Balaban J connectivity index is 2.88. The standard InChI is InChI=1S/C13H16BrNO2/c1-5-15(12(16)17-13(2,3)4)11-8-6-10(14)7-9-11/h5-9H,1H2,2-4H3. The molecular weight excluding hydrogens is 282 g/mol. The molecule has 0 unspecified atom stereocenters. The molecule has 17 heavy (non-hydrogen) atoms. The highest BCUT2D eigenvalue weighted by molar-refractivity contribution is 9.10. The molecule has 0 N–H and O–H groups in total. The molecule has 0 radical (unpaired) electrons. The normalized spacial score (nSPS) is 10.8. The fourth-order valence-corrected chi connectivity index (χ4v) is 1.46. The van der Waals surface area contributed by atoms with Gasteiger partial charge in [-0.3, -0.25) is 4.90 Å². The summed E-state index contributed by atoms with van der Waals surface area (Å²) in [4.78, 5) is 13.3. The zero-order valence-corrected chi connectivity index (χ0v) is 11.8. The quantitative estimate of drug-likeness (QED) is 0.813. The Morgan fingerprint density at radius 1 is 1.35 bits per heavy atom. The number of amides is 1. The summed E-state index contributed by atoms with van der Waals surface area (Å²) in [5.41, 5.74) is 0.200. The van der Waals surface area contributed by atoms with Gasteiger partial charge >= 0.3 is 6.09 Å². The van der Waals surface area contributed by atoms with E-state index in [4.69, 9.17) is 4.74 Å². The highest BCUT2D eigenvalue weighted by atomic mass is 79.9. The number of halogens is 1. The van der Waals surface area contributed by atoms with Gasteiger partial charge in [-0.25, -0.2) is 4.79 Å². The monoisotopic (exact) mass is 297 g/mol. The fraction of sp³-hybridized carbons (Fsp3) is 0.308. The molecule has 0 aliphatic heterocycles. The van der Waals surface area contributed by atoms with Crippen molar-refractivity contribution >= 4 is 27.7 Å². The van der Waals surface area contributed by atoms with E-state index in [2.05, 4.69) is 22.5 Å². The van der Waals surface area contributed by atoms with E-state index in [1.807, 2.05) is 45.0 Å². The van der Waals surface area contributed by atoms with Crippen molar-refractivity contribution < 1.29 is 9.53 Å². The SMILES string of the molecule is C=CN(C(=O)OC(C)(C)C)c1ccc(Br)cc1. The molecule has 92 valence electrons. The molecule has 1 aromatic rings. The highest BCUT2D eigenvalue weighted by Gasteiger charge is 2.21. The van der Waals surface area contributed by atoms with Gasteiger partial charge in [0.1, 0.15) is 5.60 Å². The molecule has 0 fully saturated rings. The largest absolute Gasteiger partial charge is 0.443 e. The van der Waals surface area contributed by atoms with Crippen molar-refractivity contribution in [3.63, 3.8) is 0 Å². The number of nitrogens with zero attached hydrogens (tertiary/aromatic N) is 1. The van der Waals surface area contributed by atoms with E-state index in [0.29, 0.717) is 0 Å². The first-order valence-electron chi connectivity index (χ1n) is 5.24. The third-order valence-corrected chi connectivity index (χ3v) is 2.41. The van der Waals surface area contributed by atoms with Crippen molar-refractivity contribution in [1.29, 1.82) is 0 Å². The fourth-order valence-electron chi connectivity index (χ4n) is 1.20. The minimum atomic E-state index is -0.520. The zero-order valence-electron chi connectivity index (χ0n) is 10.2. The van der Waals surface area contributed by atoms with Crippen molar-refractivity contribution in [2.75, 3.05) is 4.90 Å². The van der Waals surface area contributed by atoms with E-state index < -0.39 is 11.7 Å². The van der Waals surface area contributed by atoms with Gasteiger partial charge < -0.3 is 4.74 Å². The molecule has 0 aliphatic rings. The predicted octanol–water partition coefficient (Wildman–Crippen LogP) is 4.33. The van der Waals surface area contributed by atoms with Crippen LogP contribution in [0.4, 0.5) is 10.5 Å². The minimum Gasteiger partial charge on any atom is -0.443 e. The van der Waals surface area contributed by atoms with Crippen LogP contribution in [0.15, 0.2) is 41.5 Å². The van der Waals surface area contributed by atoms with Gasteiger partial charge in [-0.2, -0.15) is 0 Å². The summed E-state index contributed by atoms with van der Waals surface area (Å²) < 4.78 is 6.23. The minimum absolute atomic E-state index is 0.435. The summed E-state index contributed by atoms with van der Waals surface area (Å²) in [7, 11) is 0. The predicted molar refractivity (Wildman–Crippen MR) is 73.1 cm³/mol. The third kappa shape index (κ3) is 4.23. The summed E-state index contributed by atoms with van der Waals surface area (Å²) in [6.07, 6.45) is 1.01. The Kier molecular flexibility index (Phi) is 4.34. The summed E-state index contributed by atoms with van der Waals surface area (Å²) in [6, 6.07) is 7.35. The van der Waals surface area contributed by atoms with Gasteiger partial charge in [-0.05, 0) is 45.0 Å². The molecule has 3 nitrogen and oxygen atoms in total. The number of ether oxygens (including phenoxy) is 1. The van der Waals surface area contributed by atoms with Gasteiger partial charge in [0.25, 0.3) is 0 Å². The van der Waals surface area contributed by atoms with E-state index in [9.17, 15) is 4.79 Å². The van der Waals surface area contributed by atoms with Gasteiger partial charge in [0.05, 0.1) is 5.69 Å². The van der Waals surface area contributed by atoms with Crippen LogP contribution in [0.5, 0.6) is 0 Å². The van der Waals surface area contributed by atoms with Crippen LogP contribution in [0.2, 0.25) is 0 Å². The molecule has 0 saturated heterocycles. The topological polar surface area (TPSA) is 29.5 Å². The maximum Gasteiger partial charge on any atom is 0.418 e. The lowest BCUT2D eigenvalue weighted by Gasteiger charge is -2.25. The smallest absolute Gasteiger partial charge is 0.418 e. The van der Waals surface area contributed by atoms with E-state index in [1.165, 1.54) is 11.1 Å². The van der Waals surface area contributed by atoms with Gasteiger partial charge in [0.2, 0.25) is 0 Å². The van der Waals surface area contributed by atoms with Crippen molar-refractivity contribution in [3.05, 3.63) is 41.5 Å². The van der Waals surface area contributed by atoms with Crippen LogP contribution in [0.1, 0.15) is 20.8 Å². The summed E-state index contributed by atoms with van der Waals surface area (Å²) in [6.45, 7) is 9.11. The number of carbonyl (C=O) groups is 1. The lowest BCUT2D eigenvalue weighted by atomic mass is 10.2. The lowest BCUT2D eigenvalue weighted by Crippen LogP contribution is -2.33. The van der Waals surface area contributed by atoms with Crippen molar-refractivity contribution in [3.8, 4) is 0 Å². The van der Waals surface area contributed by atoms with E-state index in [1.54, 1.807) is 0 Å². The van der Waals surface area contributed by atoms with Crippen LogP contribution in [0, 0.1) is 0 Å². The van der Waals surface area contributed by atoms with Gasteiger partial charge in [-0.15, -0.1) is 0 Å². The Morgan fingerprint density at radius 3 is 2.29 bits per heavy atom. The van der Waals surface area contributed by atoms with Gasteiger partial charge in [-0.1, -0.05) is 22.5 Å². The van der Waals surface area contributed by atoms with Crippen LogP contribution in [0.3, 0.4) is 0 Å². The molecule has 0 aromatic heterocycles. The number of benzene rings is 1. The molecular formula is C13H16BrNO2. The number of anilines is 1. The molecule has 0 bridgehead atoms. The van der Waals surface area contributed by atoms with E-state index >= 15 is 0 Å². The number of hydrogen-bond acceptors (Lipinski definition) is 2. The van der Waals surface area contributed by atoms with Crippen LogP contribution in [-0.4, -0.2) is 11.7 Å².